The average molecular weight is 340 g/mol. The first-order valence-corrected chi connectivity index (χ1v) is 9.14. The van der Waals surface area contributed by atoms with Crippen LogP contribution in [-0.2, 0) is 22.2 Å². The highest BCUT2D eigenvalue weighted by Gasteiger charge is 2.17. The van der Waals surface area contributed by atoms with Crippen molar-refractivity contribution in [3.63, 3.8) is 0 Å². The zero-order valence-electron chi connectivity index (χ0n) is 11.9. The van der Waals surface area contributed by atoms with Crippen molar-refractivity contribution in [2.24, 2.45) is 0 Å². The van der Waals surface area contributed by atoms with Crippen LogP contribution in [-0.4, -0.2) is 19.4 Å². The van der Waals surface area contributed by atoms with Gasteiger partial charge in [0.1, 0.15) is 0 Å². The Balaban J connectivity index is 2.01. The average Bonchev–Trinajstić information content (AvgIpc) is 2.90. The van der Waals surface area contributed by atoms with E-state index in [1.54, 1.807) is 24.3 Å². The number of thiophene rings is 1. The van der Waals surface area contributed by atoms with Crippen LogP contribution in [0.3, 0.4) is 0 Å². The van der Waals surface area contributed by atoms with Crippen molar-refractivity contribution in [2.75, 3.05) is 0 Å². The van der Waals surface area contributed by atoms with E-state index in [2.05, 4.69) is 4.72 Å². The van der Waals surface area contributed by atoms with Crippen LogP contribution in [0.1, 0.15) is 17.4 Å². The Morgan fingerprint density at radius 2 is 2.09 bits per heavy atom. The minimum Gasteiger partial charge on any atom is -0.258 e. The Kier molecular flexibility index (Phi) is 5.28. The van der Waals surface area contributed by atoms with E-state index in [0.29, 0.717) is 12.0 Å². The molecule has 0 saturated heterocycles. The second-order valence-electron chi connectivity index (χ2n) is 4.99. The van der Waals surface area contributed by atoms with Gasteiger partial charge in [0, 0.05) is 23.1 Å². The quantitative estimate of drug-likeness (QED) is 0.620. The molecule has 1 aromatic carbocycles. The summed E-state index contributed by atoms with van der Waals surface area (Å²) < 4.78 is 26.9. The molecular weight excluding hydrogens is 324 g/mol. The third kappa shape index (κ3) is 4.90. The van der Waals surface area contributed by atoms with E-state index in [4.69, 9.17) is 0 Å². The molecule has 2 rings (SSSR count). The van der Waals surface area contributed by atoms with Gasteiger partial charge >= 0.3 is 0 Å². The topological polar surface area (TPSA) is 89.3 Å². The predicted octanol–water partition coefficient (Wildman–Crippen LogP) is 2.71. The summed E-state index contributed by atoms with van der Waals surface area (Å²) in [7, 11) is -3.55. The van der Waals surface area contributed by atoms with Gasteiger partial charge in [0.05, 0.1) is 10.7 Å². The number of nitrogens with one attached hydrogen (secondary N) is 1. The van der Waals surface area contributed by atoms with Crippen molar-refractivity contribution in [1.29, 1.82) is 0 Å². The standard InChI is InChI=1S/C14H16N2O4S2/c1-11(8-14-6-3-7-21-14)15-22(19,20)10-12-4-2-5-13(9-12)16(17)18/h2-7,9,11,15H,8,10H2,1H3. The first-order valence-electron chi connectivity index (χ1n) is 6.61. The van der Waals surface area contributed by atoms with Crippen LogP contribution < -0.4 is 4.72 Å². The molecule has 8 heteroatoms. The van der Waals surface area contributed by atoms with Crippen molar-refractivity contribution in [3.8, 4) is 0 Å². The summed E-state index contributed by atoms with van der Waals surface area (Å²) in [6.45, 7) is 1.80. The van der Waals surface area contributed by atoms with Crippen molar-refractivity contribution >= 4 is 27.0 Å². The highest BCUT2D eigenvalue weighted by atomic mass is 32.2. The van der Waals surface area contributed by atoms with Gasteiger partial charge in [-0.15, -0.1) is 11.3 Å². The Labute approximate surface area is 133 Å². The van der Waals surface area contributed by atoms with E-state index in [1.165, 1.54) is 18.2 Å². The SMILES string of the molecule is CC(Cc1cccs1)NS(=O)(=O)Cc1cccc([N+](=O)[O-])c1. The number of nitrogens with zero attached hydrogens (tertiary/aromatic N) is 1. The number of hydrogen-bond acceptors (Lipinski definition) is 5. The van der Waals surface area contributed by atoms with Gasteiger partial charge < -0.3 is 0 Å². The van der Waals surface area contributed by atoms with E-state index in [0.717, 1.165) is 4.88 Å². The molecule has 1 atom stereocenters. The molecule has 0 fully saturated rings. The number of nitro benzene ring substituents is 1. The van der Waals surface area contributed by atoms with E-state index in [-0.39, 0.29) is 17.5 Å². The molecule has 0 aliphatic rings. The molecule has 118 valence electrons. The first-order chi connectivity index (χ1) is 10.4. The van der Waals surface area contributed by atoms with Crippen LogP contribution in [0.4, 0.5) is 5.69 Å². The lowest BCUT2D eigenvalue weighted by molar-refractivity contribution is -0.384. The summed E-state index contributed by atoms with van der Waals surface area (Å²) in [6.07, 6.45) is 0.617. The van der Waals surface area contributed by atoms with Gasteiger partial charge in [0.25, 0.3) is 5.69 Å². The Morgan fingerprint density at radius 3 is 2.73 bits per heavy atom. The number of benzene rings is 1. The summed E-state index contributed by atoms with van der Waals surface area (Å²) in [5, 5.41) is 12.7. The molecule has 0 saturated carbocycles. The Morgan fingerprint density at radius 1 is 1.32 bits per heavy atom. The van der Waals surface area contributed by atoms with Crippen molar-refractivity contribution in [2.45, 2.75) is 25.1 Å². The number of non-ortho nitro benzene ring substituents is 1. The highest BCUT2D eigenvalue weighted by Crippen LogP contribution is 2.16. The third-order valence-corrected chi connectivity index (χ3v) is 5.32. The molecule has 2 aromatic rings. The van der Waals surface area contributed by atoms with Gasteiger partial charge in [0.2, 0.25) is 10.0 Å². The van der Waals surface area contributed by atoms with Crippen molar-refractivity contribution in [1.82, 2.24) is 4.72 Å². The van der Waals surface area contributed by atoms with Crippen LogP contribution in [0.2, 0.25) is 0 Å². The van der Waals surface area contributed by atoms with E-state index in [1.807, 2.05) is 17.5 Å². The van der Waals surface area contributed by atoms with Gasteiger partial charge in [0.15, 0.2) is 0 Å². The van der Waals surface area contributed by atoms with Gasteiger partial charge in [-0.3, -0.25) is 10.1 Å². The van der Waals surface area contributed by atoms with E-state index in [9.17, 15) is 18.5 Å². The summed E-state index contributed by atoms with van der Waals surface area (Å²) in [4.78, 5) is 11.3. The van der Waals surface area contributed by atoms with Crippen LogP contribution in [0.15, 0.2) is 41.8 Å². The third-order valence-electron chi connectivity index (χ3n) is 2.95. The van der Waals surface area contributed by atoms with Crippen LogP contribution in [0.5, 0.6) is 0 Å². The largest absolute Gasteiger partial charge is 0.269 e. The molecule has 1 aromatic heterocycles. The number of rotatable bonds is 7. The monoisotopic (exact) mass is 340 g/mol. The fraction of sp³-hybridized carbons (Fsp3) is 0.286. The van der Waals surface area contributed by atoms with Crippen LogP contribution in [0, 0.1) is 10.1 Å². The Bertz CT molecular complexity index is 742. The first kappa shape index (κ1) is 16.6. The lowest BCUT2D eigenvalue weighted by Crippen LogP contribution is -2.34. The molecule has 22 heavy (non-hydrogen) atoms. The molecule has 0 spiro atoms. The lowest BCUT2D eigenvalue weighted by atomic mass is 10.2. The molecule has 1 N–H and O–H groups in total. The normalized spacial score (nSPS) is 13.0. The van der Waals surface area contributed by atoms with Crippen LogP contribution in [0.25, 0.3) is 0 Å². The minimum absolute atomic E-state index is 0.112. The second-order valence-corrected chi connectivity index (χ2v) is 7.77. The van der Waals surface area contributed by atoms with Crippen molar-refractivity contribution < 1.29 is 13.3 Å². The molecule has 0 aliphatic heterocycles. The second kappa shape index (κ2) is 6.99. The summed E-state index contributed by atoms with van der Waals surface area (Å²) in [6, 6.07) is 9.31. The fourth-order valence-corrected chi connectivity index (χ4v) is 4.33. The fourth-order valence-electron chi connectivity index (χ4n) is 2.10. The number of hydrogen-bond donors (Lipinski definition) is 1. The number of sulfonamides is 1. The zero-order valence-corrected chi connectivity index (χ0v) is 13.6. The molecule has 0 radical (unpaired) electrons. The molecule has 6 nitrogen and oxygen atoms in total. The van der Waals surface area contributed by atoms with Gasteiger partial charge in [-0.05, 0) is 30.4 Å². The lowest BCUT2D eigenvalue weighted by Gasteiger charge is -2.13. The summed E-state index contributed by atoms with van der Waals surface area (Å²) in [5.41, 5.74) is 0.282. The minimum atomic E-state index is -3.55. The van der Waals surface area contributed by atoms with Gasteiger partial charge in [-0.25, -0.2) is 13.1 Å². The molecule has 1 heterocycles. The van der Waals surface area contributed by atoms with Gasteiger partial charge in [-0.2, -0.15) is 0 Å². The van der Waals surface area contributed by atoms with E-state index >= 15 is 0 Å². The maximum Gasteiger partial charge on any atom is 0.269 e. The van der Waals surface area contributed by atoms with E-state index < -0.39 is 14.9 Å². The predicted molar refractivity (Wildman–Crippen MR) is 86.3 cm³/mol. The van der Waals surface area contributed by atoms with Crippen molar-refractivity contribution in [3.05, 3.63) is 62.3 Å². The van der Waals surface area contributed by atoms with Crippen LogP contribution >= 0.6 is 11.3 Å². The highest BCUT2D eigenvalue weighted by molar-refractivity contribution is 7.88. The molecule has 0 bridgehead atoms. The number of nitro groups is 1. The Hall–Kier alpha value is -1.77. The maximum absolute atomic E-state index is 12.1. The summed E-state index contributed by atoms with van der Waals surface area (Å²) in [5.74, 6) is -0.274. The zero-order chi connectivity index (χ0) is 16.2. The molecule has 1 unspecified atom stereocenters. The smallest absolute Gasteiger partial charge is 0.258 e. The van der Waals surface area contributed by atoms with Gasteiger partial charge in [-0.1, -0.05) is 18.2 Å². The maximum atomic E-state index is 12.1. The molecule has 0 aliphatic carbocycles. The molecule has 0 amide bonds. The summed E-state index contributed by atoms with van der Waals surface area (Å²) >= 11 is 1.58. The molecular formula is C14H16N2O4S2.